The average molecular weight is 415 g/mol. The van der Waals surface area contributed by atoms with Gasteiger partial charge in [0.1, 0.15) is 0 Å². The highest BCUT2D eigenvalue weighted by molar-refractivity contribution is 7.91. The summed E-state index contributed by atoms with van der Waals surface area (Å²) in [5.41, 5.74) is 0.573. The van der Waals surface area contributed by atoms with Crippen molar-refractivity contribution < 1.29 is 32.6 Å². The van der Waals surface area contributed by atoms with Crippen LogP contribution in [0.2, 0.25) is 0 Å². The molecule has 0 aliphatic carbocycles. The van der Waals surface area contributed by atoms with Crippen molar-refractivity contribution in [2.45, 2.75) is 19.8 Å². The van der Waals surface area contributed by atoms with E-state index in [1.54, 1.807) is 4.90 Å². The molecule has 0 atom stereocenters. The van der Waals surface area contributed by atoms with E-state index in [0.717, 1.165) is 12.8 Å². The fourth-order valence-corrected chi connectivity index (χ4v) is 3.81. The van der Waals surface area contributed by atoms with Crippen LogP contribution in [-0.4, -0.2) is 64.0 Å². The van der Waals surface area contributed by atoms with Crippen LogP contribution in [0.5, 0.6) is 5.75 Å². The molecular formula is C17H25N3O7S. The largest absolute Gasteiger partial charge is 0.504 e. The summed E-state index contributed by atoms with van der Waals surface area (Å²) < 4.78 is 32.9. The third-order valence-electron chi connectivity index (χ3n) is 4.17. The molecule has 1 heterocycles. The van der Waals surface area contributed by atoms with Crippen molar-refractivity contribution in [2.24, 2.45) is 0 Å². The molecule has 1 aromatic carbocycles. The Bertz CT molecular complexity index is 812. The number of carbonyl (C=O) groups excluding carboxylic acids is 2. The number of methoxy groups -OCH3 is 1. The van der Waals surface area contributed by atoms with Gasteiger partial charge in [0.25, 0.3) is 0 Å². The molecule has 10 nitrogen and oxygen atoms in total. The predicted molar refractivity (Wildman–Crippen MR) is 105 cm³/mol. The van der Waals surface area contributed by atoms with Crippen LogP contribution >= 0.6 is 0 Å². The highest BCUT2D eigenvalue weighted by Crippen LogP contribution is 2.39. The zero-order chi connectivity index (χ0) is 20.7. The second-order valence-corrected chi connectivity index (χ2v) is 8.57. The topological polar surface area (TPSA) is 134 Å². The first-order valence-electron chi connectivity index (χ1n) is 8.87. The Morgan fingerprint density at radius 2 is 1.86 bits per heavy atom. The Labute approximate surface area is 163 Å². The van der Waals surface area contributed by atoms with E-state index in [2.05, 4.69) is 15.4 Å². The van der Waals surface area contributed by atoms with E-state index < -0.39 is 22.0 Å². The first kappa shape index (κ1) is 21.6. The molecular weight excluding hydrogens is 390 g/mol. The van der Waals surface area contributed by atoms with Gasteiger partial charge in [0, 0.05) is 18.8 Å². The number of hydrogen-bond acceptors (Lipinski definition) is 8. The van der Waals surface area contributed by atoms with Crippen LogP contribution in [-0.2, 0) is 19.3 Å². The highest BCUT2D eigenvalue weighted by Gasteiger charge is 2.25. The van der Waals surface area contributed by atoms with Gasteiger partial charge in [0.15, 0.2) is 15.6 Å². The summed E-state index contributed by atoms with van der Waals surface area (Å²) in [4.78, 5) is 25.2. The Morgan fingerprint density at radius 1 is 1.18 bits per heavy atom. The number of rotatable bonds is 6. The lowest BCUT2D eigenvalue weighted by molar-refractivity contribution is 0.160. The van der Waals surface area contributed by atoms with Crippen molar-refractivity contribution in [3.8, 4) is 5.75 Å². The molecule has 11 heteroatoms. The summed E-state index contributed by atoms with van der Waals surface area (Å²) in [5, 5.41) is 15.5. The van der Waals surface area contributed by atoms with Gasteiger partial charge in [-0.15, -0.1) is 0 Å². The smallest absolute Gasteiger partial charge is 0.411 e. The minimum atomic E-state index is -3.11. The molecule has 1 saturated heterocycles. The minimum absolute atomic E-state index is 0.0154. The molecule has 28 heavy (non-hydrogen) atoms. The van der Waals surface area contributed by atoms with E-state index in [4.69, 9.17) is 4.74 Å². The standard InChI is InChI=1S/C17H25N3O7S/c1-3-4-7-27-17(23)18-12-10-13(19-16(22)26-2)15(21)14(11-12)20-5-8-28(24,25)9-6-20/h10-11,21H,3-9H2,1-2H3,(H,18,23)(H,19,22). The molecule has 2 amide bonds. The van der Waals surface area contributed by atoms with Gasteiger partial charge in [-0.25, -0.2) is 18.0 Å². The van der Waals surface area contributed by atoms with Crippen molar-refractivity contribution in [3.63, 3.8) is 0 Å². The number of hydrogen-bond donors (Lipinski definition) is 3. The number of aromatic hydroxyl groups is 1. The van der Waals surface area contributed by atoms with Crippen molar-refractivity contribution in [1.82, 2.24) is 0 Å². The van der Waals surface area contributed by atoms with Crippen molar-refractivity contribution in [3.05, 3.63) is 12.1 Å². The zero-order valence-electron chi connectivity index (χ0n) is 15.9. The van der Waals surface area contributed by atoms with Crippen molar-refractivity contribution in [1.29, 1.82) is 0 Å². The molecule has 0 radical (unpaired) electrons. The molecule has 0 bridgehead atoms. The lowest BCUT2D eigenvalue weighted by atomic mass is 10.2. The van der Waals surface area contributed by atoms with Crippen LogP contribution in [0.4, 0.5) is 26.7 Å². The van der Waals surface area contributed by atoms with Crippen LogP contribution in [0.25, 0.3) is 0 Å². The maximum atomic E-state index is 11.9. The number of benzene rings is 1. The number of nitrogens with one attached hydrogen (secondary N) is 2. The summed E-state index contributed by atoms with van der Waals surface area (Å²) in [6.45, 7) is 2.59. The second kappa shape index (κ2) is 9.49. The summed E-state index contributed by atoms with van der Waals surface area (Å²) in [6.07, 6.45) is 0.133. The maximum Gasteiger partial charge on any atom is 0.411 e. The summed E-state index contributed by atoms with van der Waals surface area (Å²) >= 11 is 0. The number of nitrogens with zero attached hydrogens (tertiary/aromatic N) is 1. The summed E-state index contributed by atoms with van der Waals surface area (Å²) in [5.74, 6) is -0.360. The van der Waals surface area contributed by atoms with Gasteiger partial charge < -0.3 is 19.5 Å². The molecule has 3 N–H and O–H groups in total. The highest BCUT2D eigenvalue weighted by atomic mass is 32.2. The fraction of sp³-hybridized carbons (Fsp3) is 0.529. The van der Waals surface area contributed by atoms with Crippen LogP contribution in [0.15, 0.2) is 12.1 Å². The monoisotopic (exact) mass is 415 g/mol. The Kier molecular flexibility index (Phi) is 7.32. The van der Waals surface area contributed by atoms with Gasteiger partial charge in [0.2, 0.25) is 0 Å². The normalized spacial score (nSPS) is 15.6. The number of unbranched alkanes of at least 4 members (excludes halogenated alkanes) is 1. The van der Waals surface area contributed by atoms with Crippen molar-refractivity contribution >= 4 is 39.1 Å². The number of phenols is 1. The molecule has 1 aromatic rings. The Balaban J connectivity index is 2.28. The molecule has 0 aromatic heterocycles. The van der Waals surface area contributed by atoms with Crippen LogP contribution in [0, 0.1) is 0 Å². The molecule has 156 valence electrons. The van der Waals surface area contributed by atoms with Gasteiger partial charge in [-0.1, -0.05) is 13.3 Å². The lowest BCUT2D eigenvalue weighted by Gasteiger charge is -2.30. The first-order chi connectivity index (χ1) is 13.3. The van der Waals surface area contributed by atoms with Gasteiger partial charge in [0.05, 0.1) is 36.6 Å². The predicted octanol–water partition coefficient (Wildman–Crippen LogP) is 2.15. The van der Waals surface area contributed by atoms with Gasteiger partial charge >= 0.3 is 12.2 Å². The molecule has 1 fully saturated rings. The SMILES string of the molecule is CCCCOC(=O)Nc1cc(NC(=O)OC)c(O)c(N2CCS(=O)(=O)CC2)c1. The molecule has 0 saturated carbocycles. The van der Waals surface area contributed by atoms with E-state index in [0.29, 0.717) is 0 Å². The number of amides is 2. The number of ether oxygens (including phenoxy) is 2. The Hall–Kier alpha value is -2.69. The number of sulfone groups is 1. The van der Waals surface area contributed by atoms with Crippen LogP contribution < -0.4 is 15.5 Å². The van der Waals surface area contributed by atoms with Crippen molar-refractivity contribution in [2.75, 3.05) is 53.8 Å². The molecule has 0 unspecified atom stereocenters. The average Bonchev–Trinajstić information content (AvgIpc) is 2.64. The van der Waals surface area contributed by atoms with Gasteiger partial charge in [-0.3, -0.25) is 10.6 Å². The maximum absolute atomic E-state index is 11.9. The zero-order valence-corrected chi connectivity index (χ0v) is 16.7. The van der Waals surface area contributed by atoms with E-state index in [9.17, 15) is 23.1 Å². The van der Waals surface area contributed by atoms with Gasteiger partial charge in [-0.05, 0) is 18.6 Å². The summed E-state index contributed by atoms with van der Waals surface area (Å²) in [6, 6.07) is 2.86. The second-order valence-electron chi connectivity index (χ2n) is 6.26. The minimum Gasteiger partial charge on any atom is -0.504 e. The number of carbonyl (C=O) groups is 2. The molecule has 2 rings (SSSR count). The van der Waals surface area contributed by atoms with Crippen LogP contribution in [0.3, 0.4) is 0 Å². The third-order valence-corrected chi connectivity index (χ3v) is 5.78. The molecule has 0 spiro atoms. The van der Waals surface area contributed by atoms with E-state index in [-0.39, 0.29) is 54.0 Å². The van der Waals surface area contributed by atoms with Gasteiger partial charge in [-0.2, -0.15) is 0 Å². The lowest BCUT2D eigenvalue weighted by Crippen LogP contribution is -2.40. The number of phenolic OH excluding ortho intramolecular Hbond substituents is 1. The fourth-order valence-electron chi connectivity index (χ4n) is 2.61. The first-order valence-corrected chi connectivity index (χ1v) is 10.7. The molecule has 1 aliphatic heterocycles. The van der Waals surface area contributed by atoms with Crippen LogP contribution in [0.1, 0.15) is 19.8 Å². The molecule has 1 aliphatic rings. The van der Waals surface area contributed by atoms with E-state index >= 15 is 0 Å². The quantitative estimate of drug-likeness (QED) is 0.365. The van der Waals surface area contributed by atoms with E-state index in [1.165, 1.54) is 19.2 Å². The van der Waals surface area contributed by atoms with E-state index in [1.807, 2.05) is 6.92 Å². The number of anilines is 3. The third kappa shape index (κ3) is 5.91. The summed E-state index contributed by atoms with van der Waals surface area (Å²) in [7, 11) is -1.94. The Morgan fingerprint density at radius 3 is 2.46 bits per heavy atom.